The Labute approximate surface area is 153 Å². The fraction of sp³-hybridized carbons (Fsp3) is 0.222. The van der Waals surface area contributed by atoms with Gasteiger partial charge in [0.15, 0.2) is 0 Å². The van der Waals surface area contributed by atoms with Gasteiger partial charge < -0.3 is 10.3 Å². The van der Waals surface area contributed by atoms with Crippen LogP contribution in [0.15, 0.2) is 50.8 Å². The molecular formula is C18H18BrN3OS. The molecule has 3 rings (SSSR count). The van der Waals surface area contributed by atoms with Gasteiger partial charge in [-0.3, -0.25) is 0 Å². The van der Waals surface area contributed by atoms with Crippen LogP contribution < -0.4 is 5.73 Å². The summed E-state index contributed by atoms with van der Waals surface area (Å²) in [6.07, 6.45) is 4.94. The minimum absolute atomic E-state index is 0.582. The van der Waals surface area contributed by atoms with Crippen molar-refractivity contribution in [1.82, 2.24) is 10.1 Å². The molecule has 2 N–H and O–H groups in total. The Morgan fingerprint density at radius 2 is 2.04 bits per heavy atom. The van der Waals surface area contributed by atoms with E-state index in [2.05, 4.69) is 44.3 Å². The Hall–Kier alpha value is -1.76. The summed E-state index contributed by atoms with van der Waals surface area (Å²) in [6, 6.07) is 12.1. The quantitative estimate of drug-likeness (QED) is 0.548. The molecule has 0 saturated heterocycles. The summed E-state index contributed by atoms with van der Waals surface area (Å²) in [4.78, 5) is 5.58. The minimum Gasteiger partial charge on any atom is -0.334 e. The number of nitrogens with two attached hydrogens (primary N) is 1. The molecular weight excluding hydrogens is 386 g/mol. The van der Waals surface area contributed by atoms with Gasteiger partial charge in [-0.2, -0.15) is 4.98 Å². The topological polar surface area (TPSA) is 64.9 Å². The first kappa shape index (κ1) is 17.1. The lowest BCUT2D eigenvalue weighted by atomic mass is 10.0. The van der Waals surface area contributed by atoms with Crippen LogP contribution >= 0.6 is 27.3 Å². The van der Waals surface area contributed by atoms with E-state index < -0.39 is 0 Å². The largest absolute Gasteiger partial charge is 0.334 e. The maximum Gasteiger partial charge on any atom is 0.254 e. The Morgan fingerprint density at radius 3 is 2.75 bits per heavy atom. The molecule has 0 atom stereocenters. The van der Waals surface area contributed by atoms with E-state index in [1.54, 1.807) is 11.3 Å². The first-order valence-electron chi connectivity index (χ1n) is 7.80. The number of thiophene rings is 1. The second-order valence-electron chi connectivity index (χ2n) is 5.37. The van der Waals surface area contributed by atoms with Crippen molar-refractivity contribution in [3.05, 3.63) is 57.7 Å². The zero-order chi connectivity index (χ0) is 16.8. The first-order chi connectivity index (χ1) is 11.8. The Balaban J connectivity index is 1.88. The molecule has 0 radical (unpaired) electrons. The molecule has 4 nitrogen and oxygen atoms in total. The van der Waals surface area contributed by atoms with Gasteiger partial charge in [0.2, 0.25) is 5.82 Å². The van der Waals surface area contributed by atoms with Gasteiger partial charge in [0.05, 0.1) is 4.88 Å². The first-order valence-corrected chi connectivity index (χ1v) is 9.47. The summed E-state index contributed by atoms with van der Waals surface area (Å²) in [5.41, 5.74) is 7.77. The fourth-order valence-corrected chi connectivity index (χ4v) is 3.23. The highest BCUT2D eigenvalue weighted by molar-refractivity contribution is 9.10. The third-order valence-corrected chi connectivity index (χ3v) is 4.95. The monoisotopic (exact) mass is 403 g/mol. The van der Waals surface area contributed by atoms with Gasteiger partial charge in [0, 0.05) is 10.0 Å². The summed E-state index contributed by atoms with van der Waals surface area (Å²) in [6.45, 7) is 0.690. The molecule has 0 unspecified atom stereocenters. The fourth-order valence-electron chi connectivity index (χ4n) is 2.32. The maximum absolute atomic E-state index is 5.62. The average molecular weight is 404 g/mol. The van der Waals surface area contributed by atoms with Gasteiger partial charge in [0.1, 0.15) is 0 Å². The number of hydrogen-bond donors (Lipinski definition) is 1. The number of allylic oxidation sites excluding steroid dienone is 1. The van der Waals surface area contributed by atoms with Crippen molar-refractivity contribution in [3.8, 4) is 10.7 Å². The van der Waals surface area contributed by atoms with Crippen molar-refractivity contribution >= 4 is 38.9 Å². The molecule has 6 heteroatoms. The van der Waals surface area contributed by atoms with Crippen LogP contribution in [0.2, 0.25) is 0 Å². The van der Waals surface area contributed by atoms with E-state index in [4.69, 9.17) is 10.3 Å². The number of benzene rings is 1. The standard InChI is InChI=1S/C18H18BrN3OS/c19-15-8-6-13(7-9-15)12-14(4-1-2-10-20)18-21-17(22-23-18)16-5-3-11-24-16/h3,5-9,11-12H,1-2,4,10,20H2/b14-12+. The number of aromatic nitrogens is 2. The van der Waals surface area contributed by atoms with Gasteiger partial charge in [-0.25, -0.2) is 0 Å². The van der Waals surface area contributed by atoms with Crippen LogP contribution in [0.3, 0.4) is 0 Å². The molecule has 0 aliphatic carbocycles. The van der Waals surface area contributed by atoms with Crippen LogP contribution in [0.1, 0.15) is 30.7 Å². The van der Waals surface area contributed by atoms with Gasteiger partial charge in [0.25, 0.3) is 5.89 Å². The van der Waals surface area contributed by atoms with E-state index in [0.29, 0.717) is 18.3 Å². The van der Waals surface area contributed by atoms with Crippen LogP contribution in [0.4, 0.5) is 0 Å². The van der Waals surface area contributed by atoms with Crippen molar-refractivity contribution < 1.29 is 4.52 Å². The number of halogens is 1. The maximum atomic E-state index is 5.62. The summed E-state index contributed by atoms with van der Waals surface area (Å²) in [7, 11) is 0. The van der Waals surface area contributed by atoms with Gasteiger partial charge in [-0.05, 0) is 61.0 Å². The van der Waals surface area contributed by atoms with E-state index in [1.165, 1.54) is 0 Å². The van der Waals surface area contributed by atoms with Crippen molar-refractivity contribution in [2.75, 3.05) is 6.54 Å². The van der Waals surface area contributed by atoms with Crippen LogP contribution in [0.5, 0.6) is 0 Å². The van der Waals surface area contributed by atoms with Crippen molar-refractivity contribution in [2.24, 2.45) is 5.73 Å². The highest BCUT2D eigenvalue weighted by Crippen LogP contribution is 2.27. The molecule has 0 spiro atoms. The van der Waals surface area contributed by atoms with Gasteiger partial charge in [-0.1, -0.05) is 39.3 Å². The van der Waals surface area contributed by atoms with Crippen LogP contribution in [-0.4, -0.2) is 16.7 Å². The zero-order valence-corrected chi connectivity index (χ0v) is 15.5. The molecule has 124 valence electrons. The van der Waals surface area contributed by atoms with Crippen LogP contribution in [0.25, 0.3) is 22.4 Å². The predicted octanol–water partition coefficient (Wildman–Crippen LogP) is 5.23. The molecule has 0 bridgehead atoms. The summed E-state index contributed by atoms with van der Waals surface area (Å²) < 4.78 is 6.57. The van der Waals surface area contributed by atoms with Crippen molar-refractivity contribution in [1.29, 1.82) is 0 Å². The van der Waals surface area contributed by atoms with E-state index in [1.807, 2.05) is 29.6 Å². The Morgan fingerprint density at radius 1 is 1.21 bits per heavy atom. The molecule has 3 aromatic rings. The summed E-state index contributed by atoms with van der Waals surface area (Å²) >= 11 is 5.06. The Bertz CT molecular complexity index is 794. The lowest BCUT2D eigenvalue weighted by molar-refractivity contribution is 0.407. The molecule has 1 aromatic carbocycles. The smallest absolute Gasteiger partial charge is 0.254 e. The zero-order valence-electron chi connectivity index (χ0n) is 13.1. The second kappa shape index (κ2) is 8.37. The predicted molar refractivity (Wildman–Crippen MR) is 103 cm³/mol. The van der Waals surface area contributed by atoms with E-state index >= 15 is 0 Å². The molecule has 0 aliphatic heterocycles. The van der Waals surface area contributed by atoms with Crippen LogP contribution in [0, 0.1) is 0 Å². The molecule has 2 aromatic heterocycles. The molecule has 0 fully saturated rings. The molecule has 24 heavy (non-hydrogen) atoms. The third kappa shape index (κ3) is 4.41. The van der Waals surface area contributed by atoms with E-state index in [0.717, 1.165) is 39.7 Å². The number of nitrogens with zero attached hydrogens (tertiary/aromatic N) is 2. The number of hydrogen-bond acceptors (Lipinski definition) is 5. The minimum atomic E-state index is 0.582. The highest BCUT2D eigenvalue weighted by atomic mass is 79.9. The summed E-state index contributed by atoms with van der Waals surface area (Å²) in [5.74, 6) is 1.22. The number of rotatable bonds is 7. The third-order valence-electron chi connectivity index (χ3n) is 3.55. The SMILES string of the molecule is NCCCC/C(=C\c1ccc(Br)cc1)c1nc(-c2cccs2)no1. The molecule has 0 saturated carbocycles. The highest BCUT2D eigenvalue weighted by Gasteiger charge is 2.13. The summed E-state index contributed by atoms with van der Waals surface area (Å²) in [5, 5.41) is 6.12. The lowest BCUT2D eigenvalue weighted by Gasteiger charge is -2.03. The van der Waals surface area contributed by atoms with E-state index in [9.17, 15) is 0 Å². The average Bonchev–Trinajstić information content (AvgIpc) is 3.27. The van der Waals surface area contributed by atoms with Gasteiger partial charge in [-0.15, -0.1) is 11.3 Å². The molecule has 0 amide bonds. The van der Waals surface area contributed by atoms with Crippen molar-refractivity contribution in [2.45, 2.75) is 19.3 Å². The Kier molecular flexibility index (Phi) is 5.96. The molecule has 2 heterocycles. The lowest BCUT2D eigenvalue weighted by Crippen LogP contribution is -1.98. The van der Waals surface area contributed by atoms with Crippen LogP contribution in [-0.2, 0) is 0 Å². The second-order valence-corrected chi connectivity index (χ2v) is 7.23. The normalized spacial score (nSPS) is 11.8. The van der Waals surface area contributed by atoms with E-state index in [-0.39, 0.29) is 0 Å². The molecule has 0 aliphatic rings. The number of unbranched alkanes of at least 4 members (excludes halogenated alkanes) is 1. The van der Waals surface area contributed by atoms with Crippen molar-refractivity contribution in [3.63, 3.8) is 0 Å². The van der Waals surface area contributed by atoms with Gasteiger partial charge >= 0.3 is 0 Å².